The van der Waals surface area contributed by atoms with Crippen molar-refractivity contribution in [2.24, 2.45) is 0 Å². The van der Waals surface area contributed by atoms with Crippen molar-refractivity contribution in [3.8, 4) is 0 Å². The van der Waals surface area contributed by atoms with Gasteiger partial charge < -0.3 is 4.90 Å². The lowest BCUT2D eigenvalue weighted by Gasteiger charge is -2.20. The molecule has 0 saturated carbocycles. The van der Waals surface area contributed by atoms with E-state index in [0.29, 0.717) is 5.82 Å². The molecule has 0 aliphatic heterocycles. The lowest BCUT2D eigenvalue weighted by Crippen LogP contribution is -2.22. The normalized spacial score (nSPS) is 12.0. The number of aromatic nitrogens is 1. The van der Waals surface area contributed by atoms with Crippen LogP contribution in [0, 0.1) is 0 Å². The van der Waals surface area contributed by atoms with Crippen LogP contribution in [0.1, 0.15) is 40.2 Å². The zero-order chi connectivity index (χ0) is 18.7. The fourth-order valence-electron chi connectivity index (χ4n) is 2.55. The number of pyridine rings is 1. The minimum Gasteiger partial charge on any atom is -0.371 e. The van der Waals surface area contributed by atoms with Gasteiger partial charge in [0.15, 0.2) is 0 Å². The molecule has 25 heavy (non-hydrogen) atoms. The molecule has 0 amide bonds. The first kappa shape index (κ1) is 19.2. The van der Waals surface area contributed by atoms with Crippen LogP contribution in [-0.4, -0.2) is 26.5 Å². The number of rotatable bonds is 6. The van der Waals surface area contributed by atoms with Crippen molar-refractivity contribution < 1.29 is 8.42 Å². The molecule has 1 heterocycles. The first-order chi connectivity index (χ1) is 11.7. The molecule has 1 aromatic carbocycles. The van der Waals surface area contributed by atoms with Crippen molar-refractivity contribution in [2.75, 3.05) is 22.7 Å². The van der Waals surface area contributed by atoms with Crippen LogP contribution in [0.5, 0.6) is 0 Å². The van der Waals surface area contributed by atoms with E-state index < -0.39 is 10.0 Å². The Morgan fingerprint density at radius 3 is 2.04 bits per heavy atom. The summed E-state index contributed by atoms with van der Waals surface area (Å²) in [5.41, 5.74) is 2.05. The molecular formula is C19H27N3O2S. The summed E-state index contributed by atoms with van der Waals surface area (Å²) in [6, 6.07) is 10.5. The lowest BCUT2D eigenvalue weighted by atomic mass is 9.87. The molecule has 6 heteroatoms. The first-order valence-corrected chi connectivity index (χ1v) is 10.00. The predicted octanol–water partition coefficient (Wildman–Crippen LogP) is 4.03. The topological polar surface area (TPSA) is 62.3 Å². The van der Waals surface area contributed by atoms with E-state index in [1.165, 1.54) is 0 Å². The largest absolute Gasteiger partial charge is 0.371 e. The third-order valence-corrected chi connectivity index (χ3v) is 5.52. The number of hydrogen-bond acceptors (Lipinski definition) is 4. The second-order valence-corrected chi connectivity index (χ2v) is 8.64. The molecule has 2 rings (SSSR count). The number of benzene rings is 1. The number of nitrogens with one attached hydrogen (secondary N) is 1. The molecule has 1 N–H and O–H groups in total. The van der Waals surface area contributed by atoms with Crippen LogP contribution < -0.4 is 9.62 Å². The van der Waals surface area contributed by atoms with E-state index in [4.69, 9.17) is 0 Å². The molecule has 0 unspecified atom stereocenters. The Bertz CT molecular complexity index is 788. The van der Waals surface area contributed by atoms with Crippen LogP contribution in [0.4, 0.5) is 11.5 Å². The summed E-state index contributed by atoms with van der Waals surface area (Å²) in [4.78, 5) is 6.61. The summed E-state index contributed by atoms with van der Waals surface area (Å²) >= 11 is 0. The van der Waals surface area contributed by atoms with Gasteiger partial charge >= 0.3 is 0 Å². The SMILES string of the molecule is CCN(CC)c1ccc(NS(=O)(=O)c2ccc(C(C)(C)C)cc2)nc1. The van der Waals surface area contributed by atoms with E-state index in [2.05, 4.69) is 49.2 Å². The second kappa shape index (κ2) is 7.44. The quantitative estimate of drug-likeness (QED) is 0.844. The van der Waals surface area contributed by atoms with E-state index in [-0.39, 0.29) is 10.3 Å². The monoisotopic (exact) mass is 361 g/mol. The molecule has 0 saturated heterocycles. The van der Waals surface area contributed by atoms with Crippen molar-refractivity contribution in [1.82, 2.24) is 4.98 Å². The van der Waals surface area contributed by atoms with Gasteiger partial charge in [0.1, 0.15) is 5.82 Å². The number of anilines is 2. The van der Waals surface area contributed by atoms with Crippen LogP contribution in [-0.2, 0) is 15.4 Å². The maximum atomic E-state index is 12.5. The highest BCUT2D eigenvalue weighted by Crippen LogP contribution is 2.24. The van der Waals surface area contributed by atoms with E-state index in [0.717, 1.165) is 24.3 Å². The van der Waals surface area contributed by atoms with Crippen molar-refractivity contribution in [3.63, 3.8) is 0 Å². The van der Waals surface area contributed by atoms with E-state index in [1.807, 2.05) is 18.2 Å². The highest BCUT2D eigenvalue weighted by molar-refractivity contribution is 7.92. The van der Waals surface area contributed by atoms with Gasteiger partial charge in [-0.1, -0.05) is 32.9 Å². The number of nitrogens with zero attached hydrogens (tertiary/aromatic N) is 2. The summed E-state index contributed by atoms with van der Waals surface area (Å²) < 4.78 is 27.6. The molecular weight excluding hydrogens is 334 g/mol. The maximum Gasteiger partial charge on any atom is 0.263 e. The van der Waals surface area contributed by atoms with Gasteiger partial charge in [0, 0.05) is 13.1 Å². The van der Waals surface area contributed by atoms with Gasteiger partial charge in [-0.05, 0) is 49.1 Å². The molecule has 0 aliphatic carbocycles. The molecule has 5 nitrogen and oxygen atoms in total. The van der Waals surface area contributed by atoms with Crippen molar-refractivity contribution in [2.45, 2.75) is 44.9 Å². The summed E-state index contributed by atoms with van der Waals surface area (Å²) in [5, 5.41) is 0. The Morgan fingerprint density at radius 2 is 1.60 bits per heavy atom. The van der Waals surface area contributed by atoms with Gasteiger partial charge in [0.2, 0.25) is 0 Å². The minimum absolute atomic E-state index is 0.0163. The summed E-state index contributed by atoms with van der Waals surface area (Å²) in [6.07, 6.45) is 1.69. The predicted molar refractivity (Wildman–Crippen MR) is 104 cm³/mol. The molecule has 2 aromatic rings. The first-order valence-electron chi connectivity index (χ1n) is 8.51. The Hall–Kier alpha value is -2.08. The van der Waals surface area contributed by atoms with E-state index in [1.54, 1.807) is 24.4 Å². The lowest BCUT2D eigenvalue weighted by molar-refractivity contribution is 0.587. The molecule has 0 atom stereocenters. The Labute approximate surface area is 151 Å². The van der Waals surface area contributed by atoms with Gasteiger partial charge in [-0.15, -0.1) is 0 Å². The molecule has 0 spiro atoms. The van der Waals surface area contributed by atoms with Crippen LogP contribution in [0.15, 0.2) is 47.5 Å². The van der Waals surface area contributed by atoms with Crippen LogP contribution in [0.25, 0.3) is 0 Å². The molecule has 0 bridgehead atoms. The van der Waals surface area contributed by atoms with Gasteiger partial charge in [-0.2, -0.15) is 0 Å². The fourth-order valence-corrected chi connectivity index (χ4v) is 3.56. The van der Waals surface area contributed by atoms with Gasteiger partial charge in [0.05, 0.1) is 16.8 Å². The van der Waals surface area contributed by atoms with Crippen LogP contribution >= 0.6 is 0 Å². The Balaban J connectivity index is 2.18. The highest BCUT2D eigenvalue weighted by Gasteiger charge is 2.18. The summed E-state index contributed by atoms with van der Waals surface area (Å²) in [5.74, 6) is 0.316. The molecule has 136 valence electrons. The number of hydrogen-bond donors (Lipinski definition) is 1. The van der Waals surface area contributed by atoms with Crippen LogP contribution in [0.3, 0.4) is 0 Å². The smallest absolute Gasteiger partial charge is 0.263 e. The highest BCUT2D eigenvalue weighted by atomic mass is 32.2. The van der Waals surface area contributed by atoms with Crippen molar-refractivity contribution in [3.05, 3.63) is 48.2 Å². The zero-order valence-corrected chi connectivity index (χ0v) is 16.4. The average Bonchev–Trinajstić information content (AvgIpc) is 2.56. The fraction of sp³-hybridized carbons (Fsp3) is 0.421. The number of sulfonamides is 1. The van der Waals surface area contributed by atoms with E-state index >= 15 is 0 Å². The second-order valence-electron chi connectivity index (χ2n) is 6.95. The zero-order valence-electron chi connectivity index (χ0n) is 15.6. The Morgan fingerprint density at radius 1 is 1.00 bits per heavy atom. The minimum atomic E-state index is -3.65. The maximum absolute atomic E-state index is 12.5. The molecule has 0 aliphatic rings. The standard InChI is InChI=1S/C19H27N3O2S/c1-6-22(7-2)16-10-13-18(20-14-16)21-25(23,24)17-11-8-15(9-12-17)19(3,4)5/h8-14H,6-7H2,1-5H3,(H,20,21). The van der Waals surface area contributed by atoms with Crippen molar-refractivity contribution in [1.29, 1.82) is 0 Å². The molecule has 0 radical (unpaired) electrons. The molecule has 1 aromatic heterocycles. The third-order valence-electron chi connectivity index (χ3n) is 4.15. The summed E-state index contributed by atoms with van der Waals surface area (Å²) in [7, 11) is -3.65. The third kappa shape index (κ3) is 4.72. The summed E-state index contributed by atoms with van der Waals surface area (Å²) in [6.45, 7) is 12.2. The van der Waals surface area contributed by atoms with Gasteiger partial charge in [0.25, 0.3) is 10.0 Å². The Kier molecular flexibility index (Phi) is 5.72. The molecule has 0 fully saturated rings. The average molecular weight is 362 g/mol. The van der Waals surface area contributed by atoms with Crippen LogP contribution in [0.2, 0.25) is 0 Å². The van der Waals surface area contributed by atoms with E-state index in [9.17, 15) is 8.42 Å². The van der Waals surface area contributed by atoms with Gasteiger partial charge in [-0.3, -0.25) is 4.72 Å². The van der Waals surface area contributed by atoms with Gasteiger partial charge in [-0.25, -0.2) is 13.4 Å². The van der Waals surface area contributed by atoms with Crippen molar-refractivity contribution >= 4 is 21.5 Å².